The van der Waals surface area contributed by atoms with Crippen LogP contribution in [0.1, 0.15) is 33.1 Å². The molecule has 2 N–H and O–H groups in total. The number of aryl methyl sites for hydroxylation is 1. The van der Waals surface area contributed by atoms with Gasteiger partial charge in [0.15, 0.2) is 0 Å². The maximum Gasteiger partial charge on any atom is 0.254 e. The van der Waals surface area contributed by atoms with Crippen LogP contribution < -0.4 is 5.73 Å². The molecule has 0 saturated heterocycles. The molecule has 3 aromatic heterocycles. The summed E-state index contributed by atoms with van der Waals surface area (Å²) in [6.07, 6.45) is 2.48. The Bertz CT molecular complexity index is 1820. The molecule has 8 heteroatoms. The molecule has 1 aliphatic rings. The minimum absolute atomic E-state index is 0.0121. The summed E-state index contributed by atoms with van der Waals surface area (Å²) in [7, 11) is 1.88. The van der Waals surface area contributed by atoms with Gasteiger partial charge in [0.2, 0.25) is 0 Å². The van der Waals surface area contributed by atoms with Crippen molar-refractivity contribution in [2.75, 3.05) is 5.73 Å². The molecule has 4 heterocycles. The van der Waals surface area contributed by atoms with Crippen LogP contribution in [0.2, 0.25) is 0 Å². The van der Waals surface area contributed by atoms with Gasteiger partial charge >= 0.3 is 0 Å². The number of nitrogens with zero attached hydrogens (tertiary/aromatic N) is 5. The van der Waals surface area contributed by atoms with Crippen LogP contribution >= 0.6 is 11.3 Å². The van der Waals surface area contributed by atoms with Gasteiger partial charge in [0.1, 0.15) is 5.82 Å². The largest absolute Gasteiger partial charge is 0.383 e. The first kappa shape index (κ1) is 21.0. The maximum absolute atomic E-state index is 14.1. The van der Waals surface area contributed by atoms with E-state index in [0.29, 0.717) is 17.9 Å². The van der Waals surface area contributed by atoms with Crippen LogP contribution in [0.3, 0.4) is 0 Å². The lowest BCUT2D eigenvalue weighted by Crippen LogP contribution is -2.39. The van der Waals surface area contributed by atoms with Gasteiger partial charge in [0.05, 0.1) is 44.4 Å². The fraction of sp³-hybridized carbons (Fsp3) is 0.143. The van der Waals surface area contributed by atoms with E-state index in [0.717, 1.165) is 44.0 Å². The first-order valence-electron chi connectivity index (χ1n) is 11.8. The van der Waals surface area contributed by atoms with Crippen LogP contribution in [0.25, 0.3) is 32.0 Å². The second-order valence-electron chi connectivity index (χ2n) is 9.26. The normalized spacial score (nSPS) is 15.6. The number of nitrogens with two attached hydrogens (primary N) is 1. The SMILES string of the molecule is Cn1ncc2c(N)nc3ccc(C(=O)N4Cc5ccccc5CC4c4ccc5scnc5c4)cc3c21. The zero-order valence-corrected chi connectivity index (χ0v) is 20.4. The molecular formula is C28H22N6OS. The quantitative estimate of drug-likeness (QED) is 0.358. The van der Waals surface area contributed by atoms with E-state index in [1.165, 1.54) is 11.1 Å². The fourth-order valence-electron chi connectivity index (χ4n) is 5.37. The third kappa shape index (κ3) is 3.18. The van der Waals surface area contributed by atoms with E-state index in [4.69, 9.17) is 5.73 Å². The zero-order valence-electron chi connectivity index (χ0n) is 19.5. The second-order valence-corrected chi connectivity index (χ2v) is 10.1. The number of carbonyl (C=O) groups is 1. The zero-order chi connectivity index (χ0) is 24.4. The molecule has 1 aliphatic heterocycles. The Morgan fingerprint density at radius 2 is 1.89 bits per heavy atom. The molecular weight excluding hydrogens is 468 g/mol. The Morgan fingerprint density at radius 3 is 2.78 bits per heavy atom. The highest BCUT2D eigenvalue weighted by atomic mass is 32.1. The molecule has 0 aliphatic carbocycles. The van der Waals surface area contributed by atoms with Crippen molar-refractivity contribution in [3.05, 3.63) is 94.6 Å². The Labute approximate surface area is 210 Å². The number of amides is 1. The molecule has 1 unspecified atom stereocenters. The molecule has 0 bridgehead atoms. The van der Waals surface area contributed by atoms with E-state index in [9.17, 15) is 4.79 Å². The van der Waals surface area contributed by atoms with Crippen LogP contribution in [0.4, 0.5) is 5.82 Å². The van der Waals surface area contributed by atoms with Gasteiger partial charge in [-0.15, -0.1) is 11.3 Å². The van der Waals surface area contributed by atoms with E-state index in [-0.39, 0.29) is 11.9 Å². The molecule has 0 fully saturated rings. The summed E-state index contributed by atoms with van der Waals surface area (Å²) in [5.74, 6) is 0.428. The van der Waals surface area contributed by atoms with Crippen molar-refractivity contribution in [1.82, 2.24) is 24.6 Å². The predicted molar refractivity (Wildman–Crippen MR) is 143 cm³/mol. The third-order valence-electron chi connectivity index (χ3n) is 7.20. The predicted octanol–water partition coefficient (Wildman–Crippen LogP) is 5.25. The van der Waals surface area contributed by atoms with Gasteiger partial charge in [0.25, 0.3) is 5.91 Å². The third-order valence-corrected chi connectivity index (χ3v) is 8.01. The summed E-state index contributed by atoms with van der Waals surface area (Å²) >= 11 is 1.63. The molecule has 7 rings (SSSR count). The minimum atomic E-state index is -0.0875. The molecule has 176 valence electrons. The highest BCUT2D eigenvalue weighted by molar-refractivity contribution is 7.16. The smallest absolute Gasteiger partial charge is 0.254 e. The number of pyridine rings is 1. The summed E-state index contributed by atoms with van der Waals surface area (Å²) in [4.78, 5) is 25.2. The Kier molecular flexibility index (Phi) is 4.59. The molecule has 0 saturated carbocycles. The van der Waals surface area contributed by atoms with Crippen molar-refractivity contribution < 1.29 is 4.79 Å². The van der Waals surface area contributed by atoms with Crippen molar-refractivity contribution in [1.29, 1.82) is 0 Å². The van der Waals surface area contributed by atoms with E-state index >= 15 is 0 Å². The summed E-state index contributed by atoms with van der Waals surface area (Å²) in [6.45, 7) is 0.550. The minimum Gasteiger partial charge on any atom is -0.383 e. The molecule has 0 spiro atoms. The topological polar surface area (TPSA) is 89.9 Å². The van der Waals surface area contributed by atoms with Crippen molar-refractivity contribution in [3.8, 4) is 0 Å². The lowest BCUT2D eigenvalue weighted by atomic mass is 9.89. The number of hydrogen-bond donors (Lipinski definition) is 1. The van der Waals surface area contributed by atoms with Gasteiger partial charge in [-0.1, -0.05) is 30.3 Å². The van der Waals surface area contributed by atoms with Gasteiger partial charge in [-0.25, -0.2) is 9.97 Å². The van der Waals surface area contributed by atoms with Crippen LogP contribution in [0, 0.1) is 0 Å². The van der Waals surface area contributed by atoms with Crippen LogP contribution in [0.5, 0.6) is 0 Å². The number of anilines is 1. The van der Waals surface area contributed by atoms with Gasteiger partial charge in [-0.2, -0.15) is 5.10 Å². The van der Waals surface area contributed by atoms with Crippen LogP contribution in [-0.4, -0.2) is 30.6 Å². The second kappa shape index (κ2) is 7.86. The average molecular weight is 491 g/mol. The number of fused-ring (bicyclic) bond motifs is 5. The van der Waals surface area contributed by atoms with Gasteiger partial charge in [-0.05, 0) is 53.4 Å². The Morgan fingerprint density at radius 1 is 1.03 bits per heavy atom. The molecule has 7 nitrogen and oxygen atoms in total. The molecule has 36 heavy (non-hydrogen) atoms. The van der Waals surface area contributed by atoms with Gasteiger partial charge in [-0.3, -0.25) is 9.48 Å². The highest BCUT2D eigenvalue weighted by Crippen LogP contribution is 2.36. The molecule has 1 amide bonds. The number of hydrogen-bond acceptors (Lipinski definition) is 6. The first-order chi connectivity index (χ1) is 17.6. The molecule has 0 radical (unpaired) electrons. The monoisotopic (exact) mass is 490 g/mol. The van der Waals surface area contributed by atoms with Crippen molar-refractivity contribution in [2.45, 2.75) is 19.0 Å². The number of carbonyl (C=O) groups excluding carboxylic acids is 1. The number of nitrogen functional groups attached to an aromatic ring is 1. The van der Waals surface area contributed by atoms with Crippen LogP contribution in [0.15, 0.2) is 72.4 Å². The van der Waals surface area contributed by atoms with Gasteiger partial charge in [0, 0.05) is 24.5 Å². The standard InChI is InChI=1S/C28H22N6OS/c1-33-26-20-10-18(6-8-22(20)32-27(29)21(26)13-31-33)28(35)34-14-19-5-3-2-4-16(19)12-24(34)17-7-9-25-23(11-17)30-15-36-25/h2-11,13,15,24H,12,14H2,1H3,(H2,29,32). The number of aromatic nitrogens is 4. The maximum atomic E-state index is 14.1. The lowest BCUT2D eigenvalue weighted by Gasteiger charge is -2.37. The first-order valence-corrected chi connectivity index (χ1v) is 12.7. The summed E-state index contributed by atoms with van der Waals surface area (Å²) in [6, 6.07) is 20.3. The number of thiazole rings is 1. The van der Waals surface area contributed by atoms with Crippen molar-refractivity contribution in [3.63, 3.8) is 0 Å². The van der Waals surface area contributed by atoms with E-state index in [1.54, 1.807) is 22.2 Å². The van der Waals surface area contributed by atoms with E-state index in [1.807, 2.05) is 41.7 Å². The summed E-state index contributed by atoms with van der Waals surface area (Å²) in [5.41, 5.74) is 14.8. The summed E-state index contributed by atoms with van der Waals surface area (Å²) < 4.78 is 2.93. The summed E-state index contributed by atoms with van der Waals surface area (Å²) in [5, 5.41) is 6.02. The highest BCUT2D eigenvalue weighted by Gasteiger charge is 2.32. The van der Waals surface area contributed by atoms with Crippen molar-refractivity contribution in [2.24, 2.45) is 7.05 Å². The van der Waals surface area contributed by atoms with E-state index in [2.05, 4.69) is 51.5 Å². The Hall–Kier alpha value is -4.30. The van der Waals surface area contributed by atoms with Crippen LogP contribution in [-0.2, 0) is 20.0 Å². The van der Waals surface area contributed by atoms with E-state index < -0.39 is 0 Å². The lowest BCUT2D eigenvalue weighted by molar-refractivity contribution is 0.0638. The Balaban J connectivity index is 1.36. The number of benzene rings is 3. The van der Waals surface area contributed by atoms with Gasteiger partial charge < -0.3 is 10.6 Å². The molecule has 1 atom stereocenters. The number of rotatable bonds is 2. The molecule has 6 aromatic rings. The van der Waals surface area contributed by atoms with Crippen molar-refractivity contribution >= 4 is 55.1 Å². The molecule has 3 aromatic carbocycles. The average Bonchev–Trinajstić information content (AvgIpc) is 3.54. The fourth-order valence-corrected chi connectivity index (χ4v) is 6.03.